The van der Waals surface area contributed by atoms with E-state index in [2.05, 4.69) is 0 Å². The minimum atomic E-state index is -0.638. The Balaban J connectivity index is 2.41. The first-order valence-corrected chi connectivity index (χ1v) is 5.84. The molecular weight excluding hydrogens is 248 g/mol. The summed E-state index contributed by atoms with van der Waals surface area (Å²) in [6, 6.07) is 7.10. The van der Waals surface area contributed by atoms with Crippen molar-refractivity contribution in [3.8, 4) is 5.75 Å². The van der Waals surface area contributed by atoms with E-state index >= 15 is 0 Å². The lowest BCUT2D eigenvalue weighted by molar-refractivity contribution is -0.147. The highest BCUT2D eigenvalue weighted by Gasteiger charge is 2.17. The van der Waals surface area contributed by atoms with Gasteiger partial charge in [0.15, 0.2) is 12.1 Å². The maximum Gasteiger partial charge on any atom is 0.306 e. The number of carbonyl (C=O) groups is 3. The van der Waals surface area contributed by atoms with Gasteiger partial charge in [-0.05, 0) is 17.7 Å². The Bertz CT molecular complexity index is 449. The van der Waals surface area contributed by atoms with Gasteiger partial charge in [0.25, 0.3) is 0 Å². The largest absolute Gasteiger partial charge is 0.497 e. The first-order chi connectivity index (χ1) is 9.06. The van der Waals surface area contributed by atoms with Gasteiger partial charge in [-0.25, -0.2) is 0 Å². The predicted octanol–water partition coefficient (Wildman–Crippen LogP) is 1.53. The summed E-state index contributed by atoms with van der Waals surface area (Å²) in [6.07, 6.45) is 0.134. The molecule has 0 amide bonds. The molecule has 0 aliphatic heterocycles. The van der Waals surface area contributed by atoms with Crippen LogP contribution in [0.1, 0.15) is 18.9 Å². The van der Waals surface area contributed by atoms with Crippen molar-refractivity contribution >= 4 is 18.0 Å². The first kappa shape index (κ1) is 14.9. The van der Waals surface area contributed by atoms with Gasteiger partial charge in [0.1, 0.15) is 12.4 Å². The number of hydrogen-bond acceptors (Lipinski definition) is 5. The second kappa shape index (κ2) is 7.31. The average molecular weight is 264 g/mol. The van der Waals surface area contributed by atoms with Crippen molar-refractivity contribution in [1.82, 2.24) is 0 Å². The number of methoxy groups -OCH3 is 1. The molecule has 0 aromatic heterocycles. The van der Waals surface area contributed by atoms with Gasteiger partial charge >= 0.3 is 5.97 Å². The lowest BCUT2D eigenvalue weighted by Gasteiger charge is -2.08. The fourth-order valence-electron chi connectivity index (χ4n) is 1.41. The Labute approximate surface area is 111 Å². The lowest BCUT2D eigenvalue weighted by atomic mass is 10.0. The predicted molar refractivity (Wildman–Crippen MR) is 67.6 cm³/mol. The number of esters is 1. The molecule has 5 nitrogen and oxygen atoms in total. The molecule has 0 saturated heterocycles. The Hall–Kier alpha value is -2.17. The summed E-state index contributed by atoms with van der Waals surface area (Å²) in [5, 5.41) is 0. The number of ketones is 1. The first-order valence-electron chi connectivity index (χ1n) is 5.84. The molecule has 1 rings (SSSR count). The van der Waals surface area contributed by atoms with E-state index in [0.29, 0.717) is 0 Å². The van der Waals surface area contributed by atoms with Crippen LogP contribution in [0.4, 0.5) is 0 Å². The molecule has 5 heteroatoms. The molecule has 0 aliphatic carbocycles. The quantitative estimate of drug-likeness (QED) is 0.424. The molecule has 0 radical (unpaired) electrons. The van der Waals surface area contributed by atoms with Crippen LogP contribution in [0.2, 0.25) is 0 Å². The van der Waals surface area contributed by atoms with Crippen LogP contribution in [-0.2, 0) is 25.7 Å². The zero-order chi connectivity index (χ0) is 14.3. The van der Waals surface area contributed by atoms with Crippen LogP contribution < -0.4 is 4.74 Å². The van der Waals surface area contributed by atoms with Gasteiger partial charge in [-0.2, -0.15) is 0 Å². The molecule has 1 atom stereocenters. The Morgan fingerprint density at radius 1 is 1.26 bits per heavy atom. The van der Waals surface area contributed by atoms with Gasteiger partial charge in [-0.3, -0.25) is 14.4 Å². The topological polar surface area (TPSA) is 69.7 Å². The average Bonchev–Trinajstić information content (AvgIpc) is 2.44. The molecule has 1 aromatic carbocycles. The van der Waals surface area contributed by atoms with Crippen LogP contribution in [0.5, 0.6) is 5.75 Å². The van der Waals surface area contributed by atoms with E-state index in [0.717, 1.165) is 11.3 Å². The van der Waals surface area contributed by atoms with Gasteiger partial charge in [-0.1, -0.05) is 19.1 Å². The van der Waals surface area contributed by atoms with Gasteiger partial charge in [0.05, 0.1) is 13.5 Å². The lowest BCUT2D eigenvalue weighted by Crippen LogP contribution is -2.17. The second-order valence-corrected chi connectivity index (χ2v) is 4.13. The van der Waals surface area contributed by atoms with Crippen molar-refractivity contribution in [3.05, 3.63) is 29.8 Å². The molecule has 0 unspecified atom stereocenters. The Morgan fingerprint density at radius 2 is 1.89 bits per heavy atom. The summed E-state index contributed by atoms with van der Waals surface area (Å²) in [5.41, 5.74) is 0.823. The van der Waals surface area contributed by atoms with Crippen molar-refractivity contribution in [3.63, 3.8) is 0 Å². The van der Waals surface area contributed by atoms with Crippen LogP contribution in [0.25, 0.3) is 0 Å². The van der Waals surface area contributed by atoms with Crippen LogP contribution >= 0.6 is 0 Å². The van der Waals surface area contributed by atoms with Crippen LogP contribution in [-0.4, -0.2) is 25.1 Å². The second-order valence-electron chi connectivity index (χ2n) is 4.13. The van der Waals surface area contributed by atoms with Crippen molar-refractivity contribution in [2.75, 3.05) is 7.11 Å². The molecule has 0 fully saturated rings. The van der Waals surface area contributed by atoms with E-state index < -0.39 is 17.7 Å². The maximum absolute atomic E-state index is 11.5. The molecule has 0 bridgehead atoms. The summed E-state index contributed by atoms with van der Waals surface area (Å²) >= 11 is 0. The van der Waals surface area contributed by atoms with E-state index in [9.17, 15) is 14.4 Å². The molecule has 0 heterocycles. The highest BCUT2D eigenvalue weighted by atomic mass is 16.5. The van der Waals surface area contributed by atoms with Crippen molar-refractivity contribution < 1.29 is 23.9 Å². The summed E-state index contributed by atoms with van der Waals surface area (Å²) in [6.45, 7) is 1.65. The number of Topliss-reactive ketones (excluding diaryl/α,β-unsaturated/α-hetero) is 1. The highest BCUT2D eigenvalue weighted by molar-refractivity contribution is 6.26. The van der Waals surface area contributed by atoms with Crippen LogP contribution in [0.3, 0.4) is 0 Å². The Morgan fingerprint density at radius 3 is 2.42 bits per heavy atom. The minimum absolute atomic E-state index is 0.0896. The van der Waals surface area contributed by atoms with Gasteiger partial charge in [0, 0.05) is 5.92 Å². The number of aldehydes is 1. The third kappa shape index (κ3) is 4.91. The van der Waals surface area contributed by atoms with Crippen molar-refractivity contribution in [2.45, 2.75) is 20.0 Å². The van der Waals surface area contributed by atoms with E-state index in [1.807, 2.05) is 0 Å². The highest BCUT2D eigenvalue weighted by Crippen LogP contribution is 2.12. The summed E-state index contributed by atoms with van der Waals surface area (Å²) in [4.78, 5) is 32.7. The number of benzene rings is 1. The standard InChI is InChI=1S/C14H16O5/c1-10(13(16)8-15)7-14(17)19-9-11-3-5-12(18-2)6-4-11/h3-6,8,10H,7,9H2,1-2H3/t10-/m1/s1. The molecule has 102 valence electrons. The van der Waals surface area contributed by atoms with Gasteiger partial charge < -0.3 is 9.47 Å². The molecule has 0 N–H and O–H groups in total. The summed E-state index contributed by atoms with van der Waals surface area (Å²) in [7, 11) is 1.57. The number of rotatable bonds is 7. The molecule has 0 spiro atoms. The third-order valence-electron chi connectivity index (χ3n) is 2.63. The SMILES string of the molecule is COc1ccc(COC(=O)C[C@@H](C)C(=O)C=O)cc1. The van der Waals surface area contributed by atoms with E-state index in [1.54, 1.807) is 31.4 Å². The number of carbonyl (C=O) groups excluding carboxylic acids is 3. The molecule has 19 heavy (non-hydrogen) atoms. The molecule has 0 aliphatic rings. The zero-order valence-electron chi connectivity index (χ0n) is 10.9. The normalized spacial score (nSPS) is 11.5. The minimum Gasteiger partial charge on any atom is -0.497 e. The fraction of sp³-hybridized carbons (Fsp3) is 0.357. The van der Waals surface area contributed by atoms with E-state index in [4.69, 9.17) is 9.47 Å². The third-order valence-corrected chi connectivity index (χ3v) is 2.63. The number of hydrogen-bond donors (Lipinski definition) is 0. The zero-order valence-corrected chi connectivity index (χ0v) is 10.9. The van der Waals surface area contributed by atoms with Crippen molar-refractivity contribution in [2.24, 2.45) is 5.92 Å². The summed E-state index contributed by atoms with van der Waals surface area (Å²) < 4.78 is 10.0. The fourth-order valence-corrected chi connectivity index (χ4v) is 1.41. The molecular formula is C14H16O5. The smallest absolute Gasteiger partial charge is 0.306 e. The maximum atomic E-state index is 11.5. The van der Waals surface area contributed by atoms with Crippen LogP contribution in [0, 0.1) is 5.92 Å². The molecule has 0 saturated carbocycles. The summed E-state index contributed by atoms with van der Waals surface area (Å²) in [5.74, 6) is -1.01. The van der Waals surface area contributed by atoms with E-state index in [-0.39, 0.29) is 19.3 Å². The van der Waals surface area contributed by atoms with E-state index in [1.165, 1.54) is 6.92 Å². The Kier molecular flexibility index (Phi) is 5.73. The van der Waals surface area contributed by atoms with Crippen molar-refractivity contribution in [1.29, 1.82) is 0 Å². The number of ether oxygens (including phenoxy) is 2. The monoisotopic (exact) mass is 264 g/mol. The van der Waals surface area contributed by atoms with Crippen LogP contribution in [0.15, 0.2) is 24.3 Å². The van der Waals surface area contributed by atoms with Gasteiger partial charge in [-0.15, -0.1) is 0 Å². The molecule has 1 aromatic rings. The van der Waals surface area contributed by atoms with Gasteiger partial charge in [0.2, 0.25) is 0 Å².